The number of pyridine rings is 1. The molecule has 1 fully saturated rings. The zero-order chi connectivity index (χ0) is 18.5. The van der Waals surface area contributed by atoms with Crippen LogP contribution >= 0.6 is 0 Å². The summed E-state index contributed by atoms with van der Waals surface area (Å²) in [6.45, 7) is 0.605. The number of nitrogens with two attached hydrogens (primary N) is 1. The third-order valence-electron chi connectivity index (χ3n) is 4.14. The minimum Gasteiger partial charge on any atom is -0.438 e. The van der Waals surface area contributed by atoms with Crippen molar-refractivity contribution in [1.82, 2.24) is 9.88 Å². The normalized spacial score (nSPS) is 14.8. The molecule has 1 aliphatic rings. The minimum absolute atomic E-state index is 0.0679. The number of rotatable bonds is 5. The summed E-state index contributed by atoms with van der Waals surface area (Å²) in [5.74, 6) is 0.643. The summed E-state index contributed by atoms with van der Waals surface area (Å²) >= 11 is 0. The fourth-order valence-corrected chi connectivity index (χ4v) is 2.76. The van der Waals surface area contributed by atoms with Crippen molar-refractivity contribution >= 4 is 11.7 Å². The number of hydrogen-bond donors (Lipinski definition) is 1. The number of ether oxygens (including phenoxy) is 1. The fourth-order valence-electron chi connectivity index (χ4n) is 2.76. The monoisotopic (exact) mass is 350 g/mol. The molecule has 1 atom stereocenters. The Hall–Kier alpha value is -3.24. The molecule has 0 radical (unpaired) electrons. The summed E-state index contributed by atoms with van der Waals surface area (Å²) in [6, 6.07) is 11.7. The Morgan fingerprint density at radius 1 is 1.35 bits per heavy atom. The van der Waals surface area contributed by atoms with Gasteiger partial charge in [0.05, 0.1) is 12.6 Å². The van der Waals surface area contributed by atoms with Gasteiger partial charge in [-0.15, -0.1) is 0 Å². The van der Waals surface area contributed by atoms with E-state index in [4.69, 9.17) is 15.7 Å². The molecule has 0 bridgehead atoms. The molecule has 1 aromatic heterocycles. The van der Waals surface area contributed by atoms with E-state index in [0.717, 1.165) is 5.56 Å². The average Bonchev–Trinajstić information content (AvgIpc) is 3.09. The Morgan fingerprint density at radius 2 is 2.12 bits per heavy atom. The highest BCUT2D eigenvalue weighted by molar-refractivity contribution is 5.91. The molecule has 0 spiro atoms. The first kappa shape index (κ1) is 17.6. The van der Waals surface area contributed by atoms with Crippen LogP contribution in [-0.2, 0) is 16.0 Å². The predicted octanol–water partition coefficient (Wildman–Crippen LogP) is 1.42. The van der Waals surface area contributed by atoms with Crippen molar-refractivity contribution in [2.24, 2.45) is 5.73 Å². The van der Waals surface area contributed by atoms with Crippen LogP contribution in [0.4, 0.5) is 0 Å². The average molecular weight is 350 g/mol. The van der Waals surface area contributed by atoms with Crippen molar-refractivity contribution in [3.63, 3.8) is 0 Å². The van der Waals surface area contributed by atoms with Gasteiger partial charge < -0.3 is 15.4 Å². The van der Waals surface area contributed by atoms with E-state index in [1.807, 2.05) is 18.2 Å². The first-order valence-electron chi connectivity index (χ1n) is 8.25. The Bertz CT molecular complexity index is 858. The first-order valence-corrected chi connectivity index (χ1v) is 8.25. The number of amides is 1. The van der Waals surface area contributed by atoms with Crippen LogP contribution in [0, 0.1) is 11.3 Å². The zero-order valence-electron chi connectivity index (χ0n) is 14.1. The summed E-state index contributed by atoms with van der Waals surface area (Å²) in [5.41, 5.74) is 7.23. The van der Waals surface area contributed by atoms with E-state index in [9.17, 15) is 9.59 Å². The number of likely N-dealkylation sites (tertiary alicyclic amines) is 1. The maximum atomic E-state index is 12.3. The summed E-state index contributed by atoms with van der Waals surface area (Å²) in [7, 11) is 0. The van der Waals surface area contributed by atoms with Crippen LogP contribution in [0.25, 0.3) is 0 Å². The highest BCUT2D eigenvalue weighted by Crippen LogP contribution is 2.23. The van der Waals surface area contributed by atoms with E-state index < -0.39 is 6.04 Å². The molecule has 2 aromatic rings. The molecule has 1 saturated heterocycles. The third-order valence-corrected chi connectivity index (χ3v) is 4.14. The van der Waals surface area contributed by atoms with E-state index >= 15 is 0 Å². The maximum Gasteiger partial charge on any atom is 0.240 e. The molecule has 1 aromatic carbocycles. The number of hydrogen-bond acceptors (Lipinski definition) is 6. The number of carbonyl (C=O) groups excluding carboxylic acids is 2. The molecule has 3 rings (SSSR count). The molecule has 1 aliphatic heterocycles. The molecular formula is C19H18N4O3. The Morgan fingerprint density at radius 3 is 2.77 bits per heavy atom. The highest BCUT2D eigenvalue weighted by Gasteiger charge is 2.27. The SMILES string of the molecule is N#Cc1cccnc1Oc1ccc(C[C@H](N)C(=O)N2CCC(=O)C2)cc1. The molecular weight excluding hydrogens is 332 g/mol. The number of Topliss-reactive ketones (excluding diaryl/α,β-unsaturated/α-hetero) is 1. The molecule has 0 saturated carbocycles. The van der Waals surface area contributed by atoms with Crippen LogP contribution in [0.5, 0.6) is 11.6 Å². The largest absolute Gasteiger partial charge is 0.438 e. The summed E-state index contributed by atoms with van der Waals surface area (Å²) in [4.78, 5) is 29.1. The number of benzene rings is 1. The molecule has 132 valence electrons. The Balaban J connectivity index is 1.61. The van der Waals surface area contributed by atoms with Crippen LogP contribution in [0.1, 0.15) is 17.5 Å². The van der Waals surface area contributed by atoms with Crippen molar-refractivity contribution in [2.75, 3.05) is 13.1 Å². The highest BCUT2D eigenvalue weighted by atomic mass is 16.5. The van der Waals surface area contributed by atoms with E-state index in [0.29, 0.717) is 30.7 Å². The van der Waals surface area contributed by atoms with Gasteiger partial charge in [-0.3, -0.25) is 9.59 Å². The van der Waals surface area contributed by atoms with Crippen molar-refractivity contribution < 1.29 is 14.3 Å². The zero-order valence-corrected chi connectivity index (χ0v) is 14.1. The van der Waals surface area contributed by atoms with Gasteiger partial charge in [0.2, 0.25) is 11.8 Å². The number of carbonyl (C=O) groups is 2. The molecule has 2 heterocycles. The molecule has 1 amide bonds. The second-order valence-electron chi connectivity index (χ2n) is 6.07. The maximum absolute atomic E-state index is 12.3. The lowest BCUT2D eigenvalue weighted by Gasteiger charge is -2.19. The predicted molar refractivity (Wildman–Crippen MR) is 93.4 cm³/mol. The topological polar surface area (TPSA) is 109 Å². The van der Waals surface area contributed by atoms with Gasteiger partial charge in [-0.25, -0.2) is 4.98 Å². The molecule has 0 unspecified atom stereocenters. The van der Waals surface area contributed by atoms with E-state index in [2.05, 4.69) is 4.98 Å². The van der Waals surface area contributed by atoms with Crippen LogP contribution in [-0.4, -0.2) is 40.7 Å². The van der Waals surface area contributed by atoms with Crippen molar-refractivity contribution in [3.05, 3.63) is 53.7 Å². The summed E-state index contributed by atoms with van der Waals surface area (Å²) in [6.07, 6.45) is 2.33. The summed E-state index contributed by atoms with van der Waals surface area (Å²) < 4.78 is 5.62. The number of nitrogens with zero attached hydrogens (tertiary/aromatic N) is 3. The molecule has 7 heteroatoms. The second kappa shape index (κ2) is 7.76. The first-order chi connectivity index (χ1) is 12.6. The lowest BCUT2D eigenvalue weighted by Crippen LogP contribution is -2.43. The van der Waals surface area contributed by atoms with Gasteiger partial charge in [0.15, 0.2) is 5.78 Å². The van der Waals surface area contributed by atoms with E-state index in [1.54, 1.807) is 30.5 Å². The van der Waals surface area contributed by atoms with E-state index in [-0.39, 0.29) is 24.1 Å². The lowest BCUT2D eigenvalue weighted by molar-refractivity contribution is -0.132. The van der Waals surface area contributed by atoms with Gasteiger partial charge in [-0.05, 0) is 36.2 Å². The molecule has 7 nitrogen and oxygen atoms in total. The van der Waals surface area contributed by atoms with Crippen LogP contribution in [0.15, 0.2) is 42.6 Å². The third kappa shape index (κ3) is 4.05. The number of aromatic nitrogens is 1. The van der Waals surface area contributed by atoms with Crippen LogP contribution in [0.2, 0.25) is 0 Å². The standard InChI is InChI=1S/C19H18N4O3/c20-11-14-2-1-8-22-18(14)26-16-5-3-13(4-6-16)10-17(21)19(25)23-9-7-15(24)12-23/h1-6,8,17H,7,9-10,12,21H2/t17-/m0/s1. The van der Waals surface area contributed by atoms with Crippen molar-refractivity contribution in [3.8, 4) is 17.7 Å². The van der Waals surface area contributed by atoms with E-state index in [1.165, 1.54) is 4.90 Å². The van der Waals surface area contributed by atoms with Gasteiger partial charge >= 0.3 is 0 Å². The van der Waals surface area contributed by atoms with Gasteiger partial charge in [-0.1, -0.05) is 12.1 Å². The number of ketones is 1. The Kier molecular flexibility index (Phi) is 5.25. The smallest absolute Gasteiger partial charge is 0.240 e. The molecule has 26 heavy (non-hydrogen) atoms. The van der Waals surface area contributed by atoms with Crippen LogP contribution in [0.3, 0.4) is 0 Å². The van der Waals surface area contributed by atoms with Crippen LogP contribution < -0.4 is 10.5 Å². The fraction of sp³-hybridized carbons (Fsp3) is 0.263. The molecule has 2 N–H and O–H groups in total. The quantitative estimate of drug-likeness (QED) is 0.873. The van der Waals surface area contributed by atoms with Gasteiger partial charge in [-0.2, -0.15) is 5.26 Å². The minimum atomic E-state index is -0.686. The number of nitriles is 1. The Labute approximate surface area is 151 Å². The van der Waals surface area contributed by atoms with Gasteiger partial charge in [0.25, 0.3) is 0 Å². The summed E-state index contributed by atoms with van der Waals surface area (Å²) in [5, 5.41) is 9.06. The van der Waals surface area contributed by atoms with Gasteiger partial charge in [0.1, 0.15) is 17.4 Å². The second-order valence-corrected chi connectivity index (χ2v) is 6.07. The van der Waals surface area contributed by atoms with Crippen molar-refractivity contribution in [2.45, 2.75) is 18.9 Å². The van der Waals surface area contributed by atoms with Gasteiger partial charge in [0, 0.05) is 19.2 Å². The molecule has 0 aliphatic carbocycles. The lowest BCUT2D eigenvalue weighted by atomic mass is 10.1. The van der Waals surface area contributed by atoms with Crippen molar-refractivity contribution in [1.29, 1.82) is 5.26 Å².